The van der Waals surface area contributed by atoms with Crippen molar-refractivity contribution in [3.05, 3.63) is 71.3 Å². The minimum Gasteiger partial charge on any atom is -0.345 e. The average Bonchev–Trinajstić information content (AvgIpc) is 2.73. The monoisotopic (exact) mass is 452 g/mol. The van der Waals surface area contributed by atoms with Crippen LogP contribution in [0.5, 0.6) is 0 Å². The number of carbonyl (C=O) groups excluding carboxylic acids is 2. The highest BCUT2D eigenvalue weighted by Gasteiger charge is 2.22. The summed E-state index contributed by atoms with van der Waals surface area (Å²) < 4.78 is 0. The Morgan fingerprint density at radius 1 is 0.967 bits per heavy atom. The molecule has 1 unspecified atom stereocenters. The smallest absolute Gasteiger partial charge is 0.242 e. The van der Waals surface area contributed by atoms with Crippen LogP contribution in [0.15, 0.2) is 54.6 Å². The van der Waals surface area contributed by atoms with Crippen LogP contribution in [0.1, 0.15) is 22.7 Å². The Labute approximate surface area is 190 Å². The van der Waals surface area contributed by atoms with Crippen molar-refractivity contribution in [1.29, 1.82) is 0 Å². The van der Waals surface area contributed by atoms with E-state index in [1.165, 1.54) is 5.56 Å². The van der Waals surface area contributed by atoms with Gasteiger partial charge in [-0.05, 0) is 18.1 Å². The molecular weight excluding hydrogens is 423 g/mol. The lowest BCUT2D eigenvalue weighted by Crippen LogP contribution is -2.51. The fraction of sp³-hybridized carbons (Fsp3) is 0.364. The van der Waals surface area contributed by atoms with E-state index in [0.717, 1.165) is 30.8 Å². The number of amides is 2. The van der Waals surface area contributed by atoms with E-state index in [-0.39, 0.29) is 43.2 Å². The van der Waals surface area contributed by atoms with Crippen LogP contribution >= 0.6 is 24.8 Å². The van der Waals surface area contributed by atoms with E-state index in [9.17, 15) is 9.59 Å². The Morgan fingerprint density at radius 3 is 2.17 bits per heavy atom. The van der Waals surface area contributed by atoms with Crippen LogP contribution in [0.2, 0.25) is 0 Å². The average molecular weight is 453 g/mol. The number of aryl methyl sites for hydroxylation is 1. The van der Waals surface area contributed by atoms with E-state index < -0.39 is 6.04 Å². The largest absolute Gasteiger partial charge is 0.345 e. The van der Waals surface area contributed by atoms with Gasteiger partial charge in [0, 0.05) is 32.7 Å². The number of nitrogens with zero attached hydrogens (tertiary/aromatic N) is 2. The predicted molar refractivity (Wildman–Crippen MR) is 124 cm³/mol. The van der Waals surface area contributed by atoms with E-state index in [0.29, 0.717) is 13.1 Å². The first-order chi connectivity index (χ1) is 13.5. The first kappa shape index (κ1) is 25.9. The molecule has 2 amide bonds. The molecule has 0 saturated carbocycles. The Hall–Kier alpha value is -2.12. The number of hydrogen-bond donors (Lipinski definition) is 2. The Bertz CT molecular complexity index is 795. The van der Waals surface area contributed by atoms with Crippen molar-refractivity contribution >= 4 is 36.6 Å². The highest BCUT2D eigenvalue weighted by molar-refractivity contribution is 5.88. The molecule has 6 nitrogen and oxygen atoms in total. The quantitative estimate of drug-likeness (QED) is 0.704. The molecule has 0 aliphatic carbocycles. The van der Waals surface area contributed by atoms with Crippen molar-refractivity contribution in [1.82, 2.24) is 15.1 Å². The molecule has 0 bridgehead atoms. The second kappa shape index (κ2) is 12.5. The second-order valence-electron chi connectivity index (χ2n) is 7.25. The molecule has 8 heteroatoms. The first-order valence-corrected chi connectivity index (χ1v) is 9.67. The van der Waals surface area contributed by atoms with Gasteiger partial charge >= 0.3 is 0 Å². The number of halogens is 2. The van der Waals surface area contributed by atoms with Crippen molar-refractivity contribution in [2.24, 2.45) is 5.73 Å². The second-order valence-corrected chi connectivity index (χ2v) is 7.25. The van der Waals surface area contributed by atoms with Gasteiger partial charge in [0.15, 0.2) is 0 Å². The van der Waals surface area contributed by atoms with Crippen molar-refractivity contribution < 1.29 is 9.59 Å². The molecule has 1 fully saturated rings. The summed E-state index contributed by atoms with van der Waals surface area (Å²) >= 11 is 0. The van der Waals surface area contributed by atoms with Crippen molar-refractivity contribution in [3.63, 3.8) is 0 Å². The van der Waals surface area contributed by atoms with Crippen LogP contribution in [0.25, 0.3) is 0 Å². The zero-order valence-corrected chi connectivity index (χ0v) is 18.8. The third-order valence-corrected chi connectivity index (χ3v) is 5.11. The van der Waals surface area contributed by atoms with E-state index in [1.54, 1.807) is 4.90 Å². The SMILES string of the molecule is Cc1ccc(C(N)C(=O)NCC(=O)N2CCN(Cc3ccccc3)CC2)cc1.Cl.Cl. The van der Waals surface area contributed by atoms with Gasteiger partial charge in [0.05, 0.1) is 6.54 Å². The van der Waals surface area contributed by atoms with Gasteiger partial charge in [-0.15, -0.1) is 24.8 Å². The van der Waals surface area contributed by atoms with Gasteiger partial charge in [-0.25, -0.2) is 0 Å². The predicted octanol–water partition coefficient (Wildman–Crippen LogP) is 2.30. The molecule has 3 N–H and O–H groups in total. The normalized spacial score (nSPS) is 14.8. The molecule has 1 heterocycles. The summed E-state index contributed by atoms with van der Waals surface area (Å²) in [5.74, 6) is -0.399. The van der Waals surface area contributed by atoms with E-state index in [1.807, 2.05) is 49.4 Å². The fourth-order valence-corrected chi connectivity index (χ4v) is 3.31. The van der Waals surface area contributed by atoms with Gasteiger partial charge in [-0.2, -0.15) is 0 Å². The Morgan fingerprint density at radius 2 is 1.57 bits per heavy atom. The zero-order valence-electron chi connectivity index (χ0n) is 17.1. The molecule has 3 rings (SSSR count). The maximum absolute atomic E-state index is 12.4. The summed E-state index contributed by atoms with van der Waals surface area (Å²) in [4.78, 5) is 28.8. The van der Waals surface area contributed by atoms with Crippen LogP contribution in [-0.2, 0) is 16.1 Å². The van der Waals surface area contributed by atoms with Crippen LogP contribution in [0, 0.1) is 6.92 Å². The number of hydrogen-bond acceptors (Lipinski definition) is 4. The number of nitrogens with two attached hydrogens (primary N) is 1. The standard InChI is InChI=1S/C22H28N4O2.2ClH/c1-17-7-9-19(10-8-17)21(23)22(28)24-15-20(27)26-13-11-25(12-14-26)16-18-5-3-2-4-6-18;;/h2-10,21H,11-16,23H2,1H3,(H,24,28);2*1H. The van der Waals surface area contributed by atoms with E-state index in [2.05, 4.69) is 22.3 Å². The summed E-state index contributed by atoms with van der Waals surface area (Å²) in [7, 11) is 0. The van der Waals surface area contributed by atoms with Crippen LogP contribution < -0.4 is 11.1 Å². The molecule has 0 aromatic heterocycles. The molecule has 0 spiro atoms. The maximum atomic E-state index is 12.4. The number of nitrogens with one attached hydrogen (secondary N) is 1. The van der Waals surface area contributed by atoms with Gasteiger partial charge in [0.1, 0.15) is 6.04 Å². The van der Waals surface area contributed by atoms with E-state index >= 15 is 0 Å². The summed E-state index contributed by atoms with van der Waals surface area (Å²) in [5, 5.41) is 2.67. The summed E-state index contributed by atoms with van der Waals surface area (Å²) in [6, 6.07) is 17.1. The third-order valence-electron chi connectivity index (χ3n) is 5.11. The molecule has 1 saturated heterocycles. The fourth-order valence-electron chi connectivity index (χ4n) is 3.31. The van der Waals surface area contributed by atoms with Crippen LogP contribution in [0.4, 0.5) is 0 Å². The van der Waals surface area contributed by atoms with Crippen molar-refractivity contribution in [2.45, 2.75) is 19.5 Å². The lowest BCUT2D eigenvalue weighted by atomic mass is 10.1. The lowest BCUT2D eigenvalue weighted by Gasteiger charge is -2.34. The maximum Gasteiger partial charge on any atom is 0.242 e. The Balaban J connectivity index is 0.00000225. The molecule has 2 aromatic carbocycles. The molecule has 30 heavy (non-hydrogen) atoms. The summed E-state index contributed by atoms with van der Waals surface area (Å²) in [5.41, 5.74) is 9.13. The van der Waals surface area contributed by atoms with Gasteiger partial charge in [0.25, 0.3) is 0 Å². The molecule has 1 atom stereocenters. The molecule has 1 aliphatic rings. The van der Waals surface area contributed by atoms with E-state index in [4.69, 9.17) is 5.73 Å². The first-order valence-electron chi connectivity index (χ1n) is 9.67. The molecule has 1 aliphatic heterocycles. The highest BCUT2D eigenvalue weighted by Crippen LogP contribution is 2.12. The molecule has 0 radical (unpaired) electrons. The number of benzene rings is 2. The number of carbonyl (C=O) groups is 2. The van der Waals surface area contributed by atoms with Gasteiger partial charge in [-0.1, -0.05) is 60.2 Å². The minimum absolute atomic E-state index is 0. The van der Waals surface area contributed by atoms with Gasteiger partial charge in [0.2, 0.25) is 11.8 Å². The molecular formula is C22H30Cl2N4O2. The number of rotatable bonds is 6. The molecule has 2 aromatic rings. The van der Waals surface area contributed by atoms with Gasteiger partial charge < -0.3 is 16.0 Å². The topological polar surface area (TPSA) is 78.7 Å². The van der Waals surface area contributed by atoms with Crippen LogP contribution in [-0.4, -0.2) is 54.3 Å². The minimum atomic E-state index is -0.767. The Kier molecular flexibility index (Phi) is 10.8. The number of piperazine rings is 1. The summed E-state index contributed by atoms with van der Waals surface area (Å²) in [6.07, 6.45) is 0. The lowest BCUT2D eigenvalue weighted by molar-refractivity contribution is -0.134. The van der Waals surface area contributed by atoms with Gasteiger partial charge in [-0.3, -0.25) is 14.5 Å². The molecule has 164 valence electrons. The summed E-state index contributed by atoms with van der Waals surface area (Å²) in [6.45, 7) is 5.86. The van der Waals surface area contributed by atoms with Crippen molar-refractivity contribution in [3.8, 4) is 0 Å². The highest BCUT2D eigenvalue weighted by atomic mass is 35.5. The zero-order chi connectivity index (χ0) is 19.9. The van der Waals surface area contributed by atoms with Crippen LogP contribution in [0.3, 0.4) is 0 Å². The third kappa shape index (κ3) is 7.29. The van der Waals surface area contributed by atoms with Crippen molar-refractivity contribution in [2.75, 3.05) is 32.7 Å².